The molecule has 2 rings (SSSR count). The Morgan fingerprint density at radius 3 is 2.25 bits per heavy atom. The second kappa shape index (κ2) is 5.53. The first-order chi connectivity index (χ1) is 9.36. The summed E-state index contributed by atoms with van der Waals surface area (Å²) < 4.78 is 50.3. The summed E-state index contributed by atoms with van der Waals surface area (Å²) in [5.74, 6) is -0.334. The molecular weight excluding hydrogens is 270 g/mol. The minimum atomic E-state index is -4.34. The van der Waals surface area contributed by atoms with Crippen LogP contribution in [-0.4, -0.2) is 0 Å². The molecule has 0 radical (unpaired) electrons. The lowest BCUT2D eigenvalue weighted by molar-refractivity contribution is -0.137. The fourth-order valence-electron chi connectivity index (χ4n) is 1.80. The number of halogens is 4. The fraction of sp³-hybridized carbons (Fsp3) is 0.200. The van der Waals surface area contributed by atoms with Crippen molar-refractivity contribution in [3.63, 3.8) is 0 Å². The van der Waals surface area contributed by atoms with Crippen LogP contribution < -0.4 is 5.32 Å². The van der Waals surface area contributed by atoms with E-state index in [1.165, 1.54) is 24.3 Å². The number of benzene rings is 2. The van der Waals surface area contributed by atoms with Gasteiger partial charge >= 0.3 is 6.18 Å². The van der Waals surface area contributed by atoms with Gasteiger partial charge in [0.05, 0.1) is 5.56 Å². The molecule has 0 heterocycles. The minimum absolute atomic E-state index is 0.334. The van der Waals surface area contributed by atoms with E-state index in [2.05, 4.69) is 5.32 Å². The molecule has 0 spiro atoms. The molecule has 0 atom stereocenters. The molecule has 0 aliphatic rings. The van der Waals surface area contributed by atoms with E-state index in [1.54, 1.807) is 6.07 Å². The Labute approximate surface area is 114 Å². The largest absolute Gasteiger partial charge is 0.416 e. The SMILES string of the molecule is Cc1ccc(F)cc1CNc1ccc(C(F)(F)F)cc1. The van der Waals surface area contributed by atoms with Gasteiger partial charge in [0.15, 0.2) is 0 Å². The summed E-state index contributed by atoms with van der Waals surface area (Å²) in [6.07, 6.45) is -4.34. The number of rotatable bonds is 3. The van der Waals surface area contributed by atoms with Crippen LogP contribution in [0.2, 0.25) is 0 Å². The quantitative estimate of drug-likeness (QED) is 0.800. The summed E-state index contributed by atoms with van der Waals surface area (Å²) in [6.45, 7) is 2.21. The van der Waals surface area contributed by atoms with E-state index in [9.17, 15) is 17.6 Å². The Balaban J connectivity index is 2.06. The average Bonchev–Trinajstić information content (AvgIpc) is 2.39. The lowest BCUT2D eigenvalue weighted by Crippen LogP contribution is -2.05. The maximum absolute atomic E-state index is 13.1. The van der Waals surface area contributed by atoms with Gasteiger partial charge in [-0.1, -0.05) is 6.07 Å². The summed E-state index contributed by atoms with van der Waals surface area (Å²) in [4.78, 5) is 0. The highest BCUT2D eigenvalue weighted by Gasteiger charge is 2.29. The first-order valence-electron chi connectivity index (χ1n) is 6.02. The van der Waals surface area contributed by atoms with Crippen LogP contribution >= 0.6 is 0 Å². The highest BCUT2D eigenvalue weighted by atomic mass is 19.4. The molecule has 1 N–H and O–H groups in total. The van der Waals surface area contributed by atoms with Crippen LogP contribution in [0.25, 0.3) is 0 Å². The lowest BCUT2D eigenvalue weighted by atomic mass is 10.1. The van der Waals surface area contributed by atoms with Crippen molar-refractivity contribution in [2.75, 3.05) is 5.32 Å². The van der Waals surface area contributed by atoms with E-state index in [-0.39, 0.29) is 5.82 Å². The molecule has 2 aromatic rings. The number of nitrogens with one attached hydrogen (secondary N) is 1. The van der Waals surface area contributed by atoms with Crippen LogP contribution in [0.4, 0.5) is 23.2 Å². The van der Waals surface area contributed by atoms with Gasteiger partial charge in [-0.25, -0.2) is 4.39 Å². The zero-order chi connectivity index (χ0) is 14.8. The fourth-order valence-corrected chi connectivity index (χ4v) is 1.80. The van der Waals surface area contributed by atoms with E-state index in [1.807, 2.05) is 6.92 Å². The summed E-state index contributed by atoms with van der Waals surface area (Å²) in [6, 6.07) is 9.19. The molecule has 2 aromatic carbocycles. The molecule has 106 valence electrons. The minimum Gasteiger partial charge on any atom is -0.381 e. The zero-order valence-corrected chi connectivity index (χ0v) is 10.8. The molecule has 0 unspecified atom stereocenters. The molecule has 0 saturated heterocycles. The van der Waals surface area contributed by atoms with Gasteiger partial charge in [-0.2, -0.15) is 13.2 Å². The average molecular weight is 283 g/mol. The molecule has 0 aliphatic carbocycles. The Bertz CT molecular complexity index is 588. The number of hydrogen-bond acceptors (Lipinski definition) is 1. The third-order valence-corrected chi connectivity index (χ3v) is 3.01. The van der Waals surface area contributed by atoms with E-state index in [0.717, 1.165) is 23.3 Å². The highest BCUT2D eigenvalue weighted by Crippen LogP contribution is 2.29. The van der Waals surface area contributed by atoms with Gasteiger partial charge in [0.2, 0.25) is 0 Å². The molecule has 0 aromatic heterocycles. The maximum Gasteiger partial charge on any atom is 0.416 e. The second-order valence-corrected chi connectivity index (χ2v) is 4.50. The van der Waals surface area contributed by atoms with Crippen LogP contribution in [0, 0.1) is 12.7 Å². The van der Waals surface area contributed by atoms with Crippen LogP contribution in [-0.2, 0) is 12.7 Å². The van der Waals surface area contributed by atoms with Crippen molar-refractivity contribution in [3.05, 3.63) is 65.0 Å². The highest BCUT2D eigenvalue weighted by molar-refractivity contribution is 5.46. The summed E-state index contributed by atoms with van der Waals surface area (Å²) in [7, 11) is 0. The third kappa shape index (κ3) is 3.50. The molecule has 5 heteroatoms. The summed E-state index contributed by atoms with van der Waals surface area (Å²) in [5.41, 5.74) is 1.56. The molecule has 0 bridgehead atoms. The third-order valence-electron chi connectivity index (χ3n) is 3.01. The predicted molar refractivity (Wildman–Crippen MR) is 69.9 cm³/mol. The van der Waals surface area contributed by atoms with Gasteiger partial charge in [0.25, 0.3) is 0 Å². The van der Waals surface area contributed by atoms with Crippen LogP contribution in [0.5, 0.6) is 0 Å². The summed E-state index contributed by atoms with van der Waals surface area (Å²) in [5, 5.41) is 2.97. The van der Waals surface area contributed by atoms with Gasteiger partial charge in [-0.15, -0.1) is 0 Å². The molecule has 20 heavy (non-hydrogen) atoms. The first-order valence-corrected chi connectivity index (χ1v) is 6.02. The number of aryl methyl sites for hydroxylation is 1. The lowest BCUT2D eigenvalue weighted by Gasteiger charge is -2.11. The van der Waals surface area contributed by atoms with Crippen molar-refractivity contribution >= 4 is 5.69 Å². The van der Waals surface area contributed by atoms with Crippen LogP contribution in [0.1, 0.15) is 16.7 Å². The Morgan fingerprint density at radius 2 is 1.65 bits per heavy atom. The van der Waals surface area contributed by atoms with E-state index in [0.29, 0.717) is 12.2 Å². The van der Waals surface area contributed by atoms with Gasteiger partial charge in [0, 0.05) is 12.2 Å². The van der Waals surface area contributed by atoms with Crippen molar-refractivity contribution < 1.29 is 17.6 Å². The normalized spacial score (nSPS) is 11.4. The van der Waals surface area contributed by atoms with Crippen LogP contribution in [0.15, 0.2) is 42.5 Å². The maximum atomic E-state index is 13.1. The topological polar surface area (TPSA) is 12.0 Å². The van der Waals surface area contributed by atoms with E-state index >= 15 is 0 Å². The van der Waals surface area contributed by atoms with Gasteiger partial charge in [-0.3, -0.25) is 0 Å². The number of hydrogen-bond donors (Lipinski definition) is 1. The van der Waals surface area contributed by atoms with Crippen molar-refractivity contribution in [2.24, 2.45) is 0 Å². The molecule has 0 saturated carbocycles. The van der Waals surface area contributed by atoms with Gasteiger partial charge in [0.1, 0.15) is 5.82 Å². The number of anilines is 1. The predicted octanol–water partition coefficient (Wildman–Crippen LogP) is 4.77. The van der Waals surface area contributed by atoms with Crippen LogP contribution in [0.3, 0.4) is 0 Å². The first kappa shape index (κ1) is 14.4. The van der Waals surface area contributed by atoms with E-state index in [4.69, 9.17) is 0 Å². The molecule has 1 nitrogen and oxygen atoms in total. The monoisotopic (exact) mass is 283 g/mol. The van der Waals surface area contributed by atoms with Crippen molar-refractivity contribution in [2.45, 2.75) is 19.6 Å². The molecular formula is C15H13F4N. The van der Waals surface area contributed by atoms with Gasteiger partial charge in [-0.05, 0) is 54.4 Å². The van der Waals surface area contributed by atoms with E-state index < -0.39 is 11.7 Å². The molecule has 0 aliphatic heterocycles. The smallest absolute Gasteiger partial charge is 0.381 e. The van der Waals surface area contributed by atoms with Crippen molar-refractivity contribution in [3.8, 4) is 0 Å². The van der Waals surface area contributed by atoms with Crippen molar-refractivity contribution in [1.82, 2.24) is 0 Å². The second-order valence-electron chi connectivity index (χ2n) is 4.50. The Kier molecular flexibility index (Phi) is 3.97. The Morgan fingerprint density at radius 1 is 1.00 bits per heavy atom. The van der Waals surface area contributed by atoms with Crippen molar-refractivity contribution in [1.29, 1.82) is 0 Å². The molecule has 0 fully saturated rings. The Hall–Kier alpha value is -2.04. The standard InChI is InChI=1S/C15H13F4N/c1-10-2-5-13(16)8-11(10)9-20-14-6-3-12(4-7-14)15(17,18)19/h2-8,20H,9H2,1H3. The molecule has 0 amide bonds. The summed E-state index contributed by atoms with van der Waals surface area (Å²) >= 11 is 0. The van der Waals surface area contributed by atoms with Gasteiger partial charge < -0.3 is 5.32 Å². The number of alkyl halides is 3. The zero-order valence-electron chi connectivity index (χ0n) is 10.8.